The molecule has 0 amide bonds. The van der Waals surface area contributed by atoms with Crippen molar-refractivity contribution in [1.82, 2.24) is 0 Å². The summed E-state index contributed by atoms with van der Waals surface area (Å²) in [6.45, 7) is 15.1. The van der Waals surface area contributed by atoms with Gasteiger partial charge in [0.05, 0.1) is 5.60 Å². The molecule has 0 aromatic heterocycles. The summed E-state index contributed by atoms with van der Waals surface area (Å²) < 4.78 is 0. The molecule has 0 saturated carbocycles. The lowest BCUT2D eigenvalue weighted by Gasteiger charge is -2.44. The quantitative estimate of drug-likeness (QED) is 0.418. The minimum Gasteiger partial charge on any atom is -0.390 e. The Morgan fingerprint density at radius 1 is 1.05 bits per heavy atom. The molecule has 1 N–H and O–H groups in total. The van der Waals surface area contributed by atoms with E-state index in [0.717, 1.165) is 5.92 Å². The predicted molar refractivity (Wildman–Crippen MR) is 89.9 cm³/mol. The van der Waals surface area contributed by atoms with E-state index >= 15 is 0 Å². The molecule has 0 bridgehead atoms. The number of hydrogen-bond donors (Lipinski definition) is 1. The number of hydrogen-bond acceptors (Lipinski definition) is 1. The van der Waals surface area contributed by atoms with Gasteiger partial charge in [-0.1, -0.05) is 76.2 Å². The van der Waals surface area contributed by atoms with Crippen LogP contribution in [0.2, 0.25) is 0 Å². The fourth-order valence-corrected chi connectivity index (χ4v) is 3.76. The maximum atomic E-state index is 10.4. The van der Waals surface area contributed by atoms with E-state index in [1.54, 1.807) is 0 Å². The summed E-state index contributed by atoms with van der Waals surface area (Å²) in [6.07, 6.45) is 6.52. The van der Waals surface area contributed by atoms with Gasteiger partial charge < -0.3 is 5.11 Å². The molecule has 0 aliphatic carbocycles. The number of halogens is 1. The second kappa shape index (κ2) is 8.02. The van der Waals surface area contributed by atoms with Crippen LogP contribution in [-0.2, 0) is 0 Å². The summed E-state index contributed by atoms with van der Waals surface area (Å²) in [6, 6.07) is 0. The smallest absolute Gasteiger partial charge is 0.0645 e. The fraction of sp³-hybridized carbons (Fsp3) is 1.00. The van der Waals surface area contributed by atoms with Crippen molar-refractivity contribution in [3.8, 4) is 0 Å². The van der Waals surface area contributed by atoms with Crippen LogP contribution in [0.1, 0.15) is 80.6 Å². The van der Waals surface area contributed by atoms with Gasteiger partial charge >= 0.3 is 0 Å². The molecule has 3 atom stereocenters. The topological polar surface area (TPSA) is 20.2 Å². The molecule has 1 nitrogen and oxygen atoms in total. The van der Waals surface area contributed by atoms with Crippen molar-refractivity contribution >= 4 is 15.9 Å². The molecular weight excluding hydrogens is 300 g/mol. The third-order valence-corrected chi connectivity index (χ3v) is 6.35. The van der Waals surface area contributed by atoms with Gasteiger partial charge in [0.25, 0.3) is 0 Å². The molecule has 0 aromatic carbocycles. The van der Waals surface area contributed by atoms with Crippen LogP contribution in [0, 0.1) is 17.3 Å². The van der Waals surface area contributed by atoms with Crippen molar-refractivity contribution in [2.75, 3.05) is 0 Å². The first-order valence-electron chi connectivity index (χ1n) is 7.90. The molecule has 0 aliphatic heterocycles. The van der Waals surface area contributed by atoms with Crippen molar-refractivity contribution in [2.45, 2.75) is 91.0 Å². The third kappa shape index (κ3) is 6.16. The molecule has 0 spiro atoms. The van der Waals surface area contributed by atoms with E-state index in [4.69, 9.17) is 0 Å². The van der Waals surface area contributed by atoms with Gasteiger partial charge in [0.1, 0.15) is 0 Å². The third-order valence-electron chi connectivity index (χ3n) is 5.19. The van der Waals surface area contributed by atoms with E-state index in [2.05, 4.69) is 50.5 Å². The summed E-state index contributed by atoms with van der Waals surface area (Å²) in [5.41, 5.74) is -0.742. The van der Waals surface area contributed by atoms with Crippen LogP contribution in [0.5, 0.6) is 0 Å². The fourth-order valence-electron chi connectivity index (χ4n) is 2.46. The summed E-state index contributed by atoms with van der Waals surface area (Å²) in [4.78, 5) is 0.477. The molecule has 0 aromatic rings. The zero-order valence-corrected chi connectivity index (χ0v) is 15.7. The standard InChI is InChI=1S/C17H35BrO/c1-8-9-10-11-13(2)12-15(18)14(3)16(4,5)17(6,7)19/h13-15,19H,8-12H2,1-7H3. The normalized spacial score (nSPS) is 18.2. The van der Waals surface area contributed by atoms with Gasteiger partial charge in [-0.2, -0.15) is 0 Å². The predicted octanol–water partition coefficient (Wildman–Crippen LogP) is 5.79. The van der Waals surface area contributed by atoms with Gasteiger partial charge in [-0.05, 0) is 37.5 Å². The molecular formula is C17H35BrO. The molecule has 0 heterocycles. The first-order valence-corrected chi connectivity index (χ1v) is 8.82. The van der Waals surface area contributed by atoms with Gasteiger partial charge in [-0.3, -0.25) is 0 Å². The van der Waals surface area contributed by atoms with E-state index in [-0.39, 0.29) is 5.41 Å². The van der Waals surface area contributed by atoms with Gasteiger partial charge in [0.2, 0.25) is 0 Å². The van der Waals surface area contributed by atoms with E-state index in [1.807, 2.05) is 13.8 Å². The Labute approximate surface area is 129 Å². The second-order valence-corrected chi connectivity index (χ2v) is 8.60. The maximum absolute atomic E-state index is 10.4. The van der Waals surface area contributed by atoms with Crippen molar-refractivity contribution in [1.29, 1.82) is 0 Å². The van der Waals surface area contributed by atoms with Crippen molar-refractivity contribution in [2.24, 2.45) is 17.3 Å². The molecule has 3 unspecified atom stereocenters. The Balaban J connectivity index is 4.37. The molecule has 0 fully saturated rings. The first-order chi connectivity index (χ1) is 8.54. The monoisotopic (exact) mass is 334 g/mol. The van der Waals surface area contributed by atoms with E-state index < -0.39 is 5.60 Å². The second-order valence-electron chi connectivity index (χ2n) is 7.42. The highest BCUT2D eigenvalue weighted by atomic mass is 79.9. The van der Waals surface area contributed by atoms with Crippen LogP contribution in [0.25, 0.3) is 0 Å². The lowest BCUT2D eigenvalue weighted by atomic mass is 9.67. The Morgan fingerprint density at radius 2 is 1.58 bits per heavy atom. The lowest BCUT2D eigenvalue weighted by molar-refractivity contribution is -0.0654. The van der Waals surface area contributed by atoms with Gasteiger partial charge in [0, 0.05) is 4.83 Å². The van der Waals surface area contributed by atoms with Crippen LogP contribution in [0.15, 0.2) is 0 Å². The van der Waals surface area contributed by atoms with Crippen LogP contribution in [-0.4, -0.2) is 15.5 Å². The highest BCUT2D eigenvalue weighted by Crippen LogP contribution is 2.43. The molecule has 0 saturated heterocycles. The average molecular weight is 335 g/mol. The van der Waals surface area contributed by atoms with Gasteiger partial charge in [-0.25, -0.2) is 0 Å². The highest BCUT2D eigenvalue weighted by molar-refractivity contribution is 9.09. The number of aliphatic hydroxyl groups is 1. The van der Waals surface area contributed by atoms with Gasteiger partial charge in [-0.15, -0.1) is 0 Å². The zero-order valence-electron chi connectivity index (χ0n) is 14.1. The Kier molecular flexibility index (Phi) is 8.21. The minimum absolute atomic E-state index is 0.0930. The largest absolute Gasteiger partial charge is 0.390 e. The van der Waals surface area contributed by atoms with E-state index in [1.165, 1.54) is 32.1 Å². The number of alkyl halides is 1. The number of unbranched alkanes of at least 4 members (excludes halogenated alkanes) is 2. The zero-order chi connectivity index (χ0) is 15.3. The van der Waals surface area contributed by atoms with Crippen LogP contribution in [0.4, 0.5) is 0 Å². The van der Waals surface area contributed by atoms with Gasteiger partial charge in [0.15, 0.2) is 0 Å². The molecule has 2 heteroatoms. The molecule has 116 valence electrons. The first kappa shape index (κ1) is 19.4. The molecule has 19 heavy (non-hydrogen) atoms. The Hall–Kier alpha value is 0.440. The van der Waals surface area contributed by atoms with Crippen molar-refractivity contribution in [3.05, 3.63) is 0 Å². The summed E-state index contributed by atoms with van der Waals surface area (Å²) in [7, 11) is 0. The lowest BCUT2D eigenvalue weighted by Crippen LogP contribution is -2.46. The maximum Gasteiger partial charge on any atom is 0.0645 e. The minimum atomic E-state index is -0.649. The molecule has 0 aliphatic rings. The molecule has 0 radical (unpaired) electrons. The van der Waals surface area contributed by atoms with Crippen LogP contribution >= 0.6 is 15.9 Å². The Bertz CT molecular complexity index is 242. The van der Waals surface area contributed by atoms with Crippen LogP contribution in [0.3, 0.4) is 0 Å². The highest BCUT2D eigenvalue weighted by Gasteiger charge is 2.42. The Morgan fingerprint density at radius 3 is 2.00 bits per heavy atom. The van der Waals surface area contributed by atoms with Crippen molar-refractivity contribution < 1.29 is 5.11 Å². The SMILES string of the molecule is CCCCCC(C)CC(Br)C(C)C(C)(C)C(C)(C)O. The van der Waals surface area contributed by atoms with Crippen LogP contribution < -0.4 is 0 Å². The number of rotatable bonds is 9. The van der Waals surface area contributed by atoms with E-state index in [9.17, 15) is 5.11 Å². The summed E-state index contributed by atoms with van der Waals surface area (Å²) >= 11 is 3.87. The summed E-state index contributed by atoms with van der Waals surface area (Å²) in [5.74, 6) is 1.21. The molecule has 0 rings (SSSR count). The average Bonchev–Trinajstić information content (AvgIpc) is 2.26. The van der Waals surface area contributed by atoms with E-state index in [0.29, 0.717) is 10.7 Å². The van der Waals surface area contributed by atoms with Crippen molar-refractivity contribution in [3.63, 3.8) is 0 Å². The summed E-state index contributed by atoms with van der Waals surface area (Å²) in [5, 5.41) is 10.4.